The molecule has 1 saturated heterocycles. The number of imidazole rings is 1. The maximum absolute atomic E-state index is 12.1. The lowest BCUT2D eigenvalue weighted by atomic mass is 9.99. The Labute approximate surface area is 130 Å². The maximum atomic E-state index is 12.1. The van der Waals surface area contributed by atoms with Crippen molar-refractivity contribution >= 4 is 11.2 Å². The van der Waals surface area contributed by atoms with Crippen molar-refractivity contribution in [3.63, 3.8) is 0 Å². The molecule has 23 heavy (non-hydrogen) atoms. The average molecular weight is 325 g/mol. The van der Waals surface area contributed by atoms with Gasteiger partial charge in [0.05, 0.1) is 31.6 Å². The Kier molecular flexibility index (Phi) is 3.84. The predicted octanol–water partition coefficient (Wildman–Crippen LogP) is -3.12. The first-order valence-electron chi connectivity index (χ1n) is 7.17. The zero-order valence-electron chi connectivity index (χ0n) is 12.8. The van der Waals surface area contributed by atoms with E-state index in [2.05, 4.69) is 4.98 Å². The van der Waals surface area contributed by atoms with Crippen molar-refractivity contribution < 1.29 is 14.9 Å². The van der Waals surface area contributed by atoms with Crippen molar-refractivity contribution in [2.45, 2.75) is 30.9 Å². The first-order chi connectivity index (χ1) is 10.8. The molecule has 0 saturated carbocycles. The number of hydrogen-bond donors (Lipinski definition) is 3. The van der Waals surface area contributed by atoms with Gasteiger partial charge in [0.1, 0.15) is 17.9 Å². The third kappa shape index (κ3) is 2.39. The van der Waals surface area contributed by atoms with Gasteiger partial charge in [-0.05, 0) is 0 Å². The lowest BCUT2D eigenvalue weighted by molar-refractivity contribution is -0.148. The Bertz CT molecular complexity index is 853. The molecule has 10 heteroatoms. The maximum Gasteiger partial charge on any atom is 0.332 e. The van der Waals surface area contributed by atoms with Crippen molar-refractivity contribution in [1.29, 1.82) is 0 Å². The summed E-state index contributed by atoms with van der Waals surface area (Å²) in [7, 11) is 2.92. The average Bonchev–Trinajstić information content (AvgIpc) is 2.95. The van der Waals surface area contributed by atoms with Crippen LogP contribution >= 0.6 is 0 Å². The van der Waals surface area contributed by atoms with E-state index in [1.54, 1.807) is 4.57 Å². The van der Waals surface area contributed by atoms with Crippen LogP contribution in [0.1, 0.15) is 0 Å². The summed E-state index contributed by atoms with van der Waals surface area (Å²) in [5.41, 5.74) is 5.15. The third-order valence-electron chi connectivity index (χ3n) is 4.26. The van der Waals surface area contributed by atoms with Crippen LogP contribution in [0.5, 0.6) is 0 Å². The summed E-state index contributed by atoms with van der Waals surface area (Å²) >= 11 is 0. The van der Waals surface area contributed by atoms with Gasteiger partial charge >= 0.3 is 5.69 Å². The van der Waals surface area contributed by atoms with E-state index in [0.29, 0.717) is 5.65 Å². The first-order valence-corrected chi connectivity index (χ1v) is 7.17. The number of nitrogens with two attached hydrogens (primary N) is 1. The molecule has 0 spiro atoms. The van der Waals surface area contributed by atoms with Crippen LogP contribution in [0.3, 0.4) is 0 Å². The van der Waals surface area contributed by atoms with E-state index >= 15 is 0 Å². The van der Waals surface area contributed by atoms with E-state index in [1.807, 2.05) is 0 Å². The van der Waals surface area contributed by atoms with Gasteiger partial charge in [-0.1, -0.05) is 0 Å². The summed E-state index contributed by atoms with van der Waals surface area (Å²) in [6, 6.07) is -0.655. The van der Waals surface area contributed by atoms with Gasteiger partial charge in [-0.2, -0.15) is 0 Å². The van der Waals surface area contributed by atoms with Crippen molar-refractivity contribution in [1.82, 2.24) is 18.7 Å². The molecule has 0 aromatic carbocycles. The van der Waals surface area contributed by atoms with E-state index in [9.17, 15) is 19.8 Å². The normalized spacial score (nSPS) is 28.4. The highest BCUT2D eigenvalue weighted by Gasteiger charge is 2.37. The zero-order chi connectivity index (χ0) is 16.9. The molecule has 3 rings (SSSR count). The Balaban J connectivity index is 2.02. The quantitative estimate of drug-likeness (QED) is 0.531. The smallest absolute Gasteiger partial charge is 0.332 e. The van der Waals surface area contributed by atoms with Gasteiger partial charge < -0.3 is 25.3 Å². The third-order valence-corrected chi connectivity index (χ3v) is 4.26. The zero-order valence-corrected chi connectivity index (χ0v) is 12.8. The second-order valence-electron chi connectivity index (χ2n) is 5.79. The van der Waals surface area contributed by atoms with Gasteiger partial charge in [-0.25, -0.2) is 9.78 Å². The molecule has 4 atom stereocenters. The minimum absolute atomic E-state index is 0.107. The summed E-state index contributed by atoms with van der Waals surface area (Å²) in [5, 5.41) is 19.9. The standard InChI is InChI=1S/C13H19N5O5/c1-16-11-8(12(21)17(2)13(16)22)15-5-18(11)3-7-10(20)9(19)6(14)4-23-7/h5-7,9-10,19-20H,3-4,14H2,1-2H3/t6-,7-,9+,10-/m1/s1. The van der Waals surface area contributed by atoms with Gasteiger partial charge in [0, 0.05) is 14.1 Å². The first kappa shape index (κ1) is 15.9. The van der Waals surface area contributed by atoms with Crippen LogP contribution in [-0.4, -0.2) is 59.9 Å². The van der Waals surface area contributed by atoms with E-state index < -0.39 is 35.6 Å². The lowest BCUT2D eigenvalue weighted by Gasteiger charge is -2.36. The lowest BCUT2D eigenvalue weighted by Crippen LogP contribution is -2.57. The van der Waals surface area contributed by atoms with Crippen LogP contribution in [-0.2, 0) is 25.4 Å². The Morgan fingerprint density at radius 3 is 2.70 bits per heavy atom. The number of nitrogens with zero attached hydrogens (tertiary/aromatic N) is 4. The molecule has 0 unspecified atom stereocenters. The molecule has 0 radical (unpaired) electrons. The second kappa shape index (κ2) is 5.57. The highest BCUT2D eigenvalue weighted by Crippen LogP contribution is 2.17. The molecular formula is C13H19N5O5. The number of hydrogen-bond acceptors (Lipinski definition) is 7. The van der Waals surface area contributed by atoms with E-state index in [4.69, 9.17) is 10.5 Å². The number of aliphatic hydroxyl groups excluding tert-OH is 2. The van der Waals surface area contributed by atoms with Crippen LogP contribution in [0, 0.1) is 0 Å². The van der Waals surface area contributed by atoms with Gasteiger partial charge in [-0.3, -0.25) is 13.9 Å². The van der Waals surface area contributed by atoms with E-state index in [-0.39, 0.29) is 18.7 Å². The molecule has 2 aromatic rings. The van der Waals surface area contributed by atoms with Crippen molar-refractivity contribution in [3.8, 4) is 0 Å². The van der Waals surface area contributed by atoms with Crippen LogP contribution in [0.25, 0.3) is 11.2 Å². The molecule has 3 heterocycles. The number of aryl methyl sites for hydroxylation is 1. The molecule has 0 amide bonds. The number of aromatic nitrogens is 4. The van der Waals surface area contributed by atoms with Crippen molar-refractivity contribution in [2.75, 3.05) is 6.61 Å². The van der Waals surface area contributed by atoms with E-state index in [0.717, 1.165) is 4.57 Å². The number of ether oxygens (including phenoxy) is 1. The summed E-state index contributed by atoms with van der Waals surface area (Å²) in [4.78, 5) is 28.2. The highest BCUT2D eigenvalue weighted by atomic mass is 16.5. The minimum atomic E-state index is -1.17. The number of fused-ring (bicyclic) bond motifs is 1. The number of aliphatic hydroxyl groups is 2. The van der Waals surface area contributed by atoms with Crippen LogP contribution in [0.15, 0.2) is 15.9 Å². The SMILES string of the molecule is Cn1c(=O)c2ncn(C[C@H]3OC[C@@H](N)[C@H](O)[C@@H]3O)c2n(C)c1=O. The van der Waals surface area contributed by atoms with Crippen LogP contribution < -0.4 is 17.0 Å². The minimum Gasteiger partial charge on any atom is -0.389 e. The van der Waals surface area contributed by atoms with Crippen LogP contribution in [0.2, 0.25) is 0 Å². The largest absolute Gasteiger partial charge is 0.389 e. The fraction of sp³-hybridized carbons (Fsp3) is 0.615. The van der Waals surface area contributed by atoms with E-state index in [1.165, 1.54) is 25.0 Å². The molecule has 1 fully saturated rings. The number of rotatable bonds is 2. The molecule has 0 aliphatic carbocycles. The topological polar surface area (TPSA) is 138 Å². The fourth-order valence-electron chi connectivity index (χ4n) is 2.83. The summed E-state index contributed by atoms with van der Waals surface area (Å²) in [5.74, 6) is 0. The summed E-state index contributed by atoms with van der Waals surface area (Å²) in [6.45, 7) is 0.234. The van der Waals surface area contributed by atoms with Gasteiger partial charge in [0.25, 0.3) is 5.56 Å². The molecule has 4 N–H and O–H groups in total. The van der Waals surface area contributed by atoms with Crippen molar-refractivity contribution in [2.24, 2.45) is 19.8 Å². The van der Waals surface area contributed by atoms with Gasteiger partial charge in [-0.15, -0.1) is 0 Å². The monoisotopic (exact) mass is 325 g/mol. The second-order valence-corrected chi connectivity index (χ2v) is 5.79. The molecular weight excluding hydrogens is 306 g/mol. The Hall–Kier alpha value is -2.01. The highest BCUT2D eigenvalue weighted by molar-refractivity contribution is 5.69. The fourth-order valence-corrected chi connectivity index (χ4v) is 2.83. The Morgan fingerprint density at radius 2 is 2.00 bits per heavy atom. The Morgan fingerprint density at radius 1 is 1.30 bits per heavy atom. The summed E-state index contributed by atoms with van der Waals surface area (Å²) < 4.78 is 9.30. The molecule has 2 aromatic heterocycles. The molecule has 1 aliphatic rings. The predicted molar refractivity (Wildman–Crippen MR) is 79.9 cm³/mol. The molecule has 126 valence electrons. The van der Waals surface area contributed by atoms with Crippen molar-refractivity contribution in [3.05, 3.63) is 27.2 Å². The van der Waals surface area contributed by atoms with Gasteiger partial charge in [0.2, 0.25) is 0 Å². The molecule has 1 aliphatic heterocycles. The summed E-state index contributed by atoms with van der Waals surface area (Å²) in [6.07, 6.45) is -1.58. The molecule has 10 nitrogen and oxygen atoms in total. The molecule has 0 bridgehead atoms. The van der Waals surface area contributed by atoms with Gasteiger partial charge in [0.15, 0.2) is 5.52 Å². The van der Waals surface area contributed by atoms with Crippen LogP contribution in [0.4, 0.5) is 0 Å².